The van der Waals surface area contributed by atoms with Crippen molar-refractivity contribution in [3.8, 4) is 0 Å². The van der Waals surface area contributed by atoms with Crippen LogP contribution in [0, 0.1) is 5.92 Å². The molecule has 74 valence electrons. The number of halogens is 1. The van der Waals surface area contributed by atoms with Crippen molar-refractivity contribution in [2.45, 2.75) is 25.2 Å². The monoisotopic (exact) mass is 207 g/mol. The number of hydrogen-bond donors (Lipinski definition) is 1. The van der Waals surface area contributed by atoms with Crippen LogP contribution in [-0.2, 0) is 0 Å². The molecule has 1 heterocycles. The molecule has 0 saturated heterocycles. The molecule has 1 aliphatic heterocycles. The third kappa shape index (κ3) is 1.40. The van der Waals surface area contributed by atoms with Gasteiger partial charge in [-0.15, -0.1) is 0 Å². The third-order valence-electron chi connectivity index (χ3n) is 3.38. The van der Waals surface area contributed by atoms with Crippen molar-refractivity contribution in [1.82, 2.24) is 0 Å². The number of rotatable bonds is 1. The van der Waals surface area contributed by atoms with E-state index in [1.807, 2.05) is 6.07 Å². The molecule has 0 radical (unpaired) electrons. The largest absolute Gasteiger partial charge is 0.385 e. The molecule has 0 amide bonds. The average molecular weight is 208 g/mol. The number of fused-ring (bicyclic) bond motifs is 1. The maximum atomic E-state index is 5.98. The van der Waals surface area contributed by atoms with Gasteiger partial charge in [-0.05, 0) is 48.8 Å². The van der Waals surface area contributed by atoms with Gasteiger partial charge in [-0.25, -0.2) is 0 Å². The van der Waals surface area contributed by atoms with Gasteiger partial charge in [0.25, 0.3) is 0 Å². The number of anilines is 1. The Kier molecular flexibility index (Phi) is 1.94. The molecule has 14 heavy (non-hydrogen) atoms. The summed E-state index contributed by atoms with van der Waals surface area (Å²) in [5, 5.41) is 4.27. The SMILES string of the molecule is Clc1ccc2c(c1)NCCC2C1CC1. The summed E-state index contributed by atoms with van der Waals surface area (Å²) < 4.78 is 0. The van der Waals surface area contributed by atoms with Crippen molar-refractivity contribution in [3.05, 3.63) is 28.8 Å². The van der Waals surface area contributed by atoms with Crippen LogP contribution in [0.25, 0.3) is 0 Å². The van der Waals surface area contributed by atoms with Gasteiger partial charge in [-0.3, -0.25) is 0 Å². The number of benzene rings is 1. The van der Waals surface area contributed by atoms with Crippen LogP contribution in [0.1, 0.15) is 30.7 Å². The summed E-state index contributed by atoms with van der Waals surface area (Å²) in [6, 6.07) is 6.28. The standard InChI is InChI=1S/C12H14ClN/c13-9-3-4-11-10(8-1-2-8)5-6-14-12(11)7-9/h3-4,7-8,10,14H,1-2,5-6H2. The normalized spacial score (nSPS) is 25.4. The Balaban J connectivity index is 2.01. The molecule has 0 spiro atoms. The van der Waals surface area contributed by atoms with E-state index in [1.54, 1.807) is 0 Å². The molecular weight excluding hydrogens is 194 g/mol. The Morgan fingerprint density at radius 1 is 1.21 bits per heavy atom. The van der Waals surface area contributed by atoms with Gasteiger partial charge in [0.1, 0.15) is 0 Å². The predicted octanol–water partition coefficient (Wildman–Crippen LogP) is 3.65. The average Bonchev–Trinajstić information content (AvgIpc) is 2.99. The van der Waals surface area contributed by atoms with Crippen molar-refractivity contribution in [1.29, 1.82) is 0 Å². The van der Waals surface area contributed by atoms with Crippen LogP contribution in [0.5, 0.6) is 0 Å². The molecule has 2 aliphatic rings. The van der Waals surface area contributed by atoms with Crippen molar-refractivity contribution >= 4 is 17.3 Å². The lowest BCUT2D eigenvalue weighted by molar-refractivity contribution is 0.560. The van der Waals surface area contributed by atoms with Gasteiger partial charge in [0, 0.05) is 17.3 Å². The summed E-state index contributed by atoms with van der Waals surface area (Å²) in [6.07, 6.45) is 4.14. The molecule has 1 saturated carbocycles. The minimum absolute atomic E-state index is 0.795. The lowest BCUT2D eigenvalue weighted by Gasteiger charge is -2.26. The van der Waals surface area contributed by atoms with Gasteiger partial charge in [-0.1, -0.05) is 17.7 Å². The minimum Gasteiger partial charge on any atom is -0.385 e. The first-order chi connectivity index (χ1) is 6.84. The number of hydrogen-bond acceptors (Lipinski definition) is 1. The highest BCUT2D eigenvalue weighted by molar-refractivity contribution is 6.30. The zero-order valence-electron chi connectivity index (χ0n) is 8.09. The van der Waals surface area contributed by atoms with E-state index in [0.29, 0.717) is 0 Å². The summed E-state index contributed by atoms with van der Waals surface area (Å²) >= 11 is 5.98. The molecule has 0 aromatic heterocycles. The lowest BCUT2D eigenvalue weighted by Crippen LogP contribution is -2.17. The first kappa shape index (κ1) is 8.60. The first-order valence-corrected chi connectivity index (χ1v) is 5.76. The molecule has 3 rings (SSSR count). The summed E-state index contributed by atoms with van der Waals surface area (Å²) in [5.41, 5.74) is 2.75. The molecule has 1 nitrogen and oxygen atoms in total. The molecule has 1 aliphatic carbocycles. The van der Waals surface area contributed by atoms with Gasteiger partial charge in [0.15, 0.2) is 0 Å². The maximum absolute atomic E-state index is 5.98. The summed E-state index contributed by atoms with van der Waals surface area (Å²) in [4.78, 5) is 0. The second kappa shape index (κ2) is 3.16. The minimum atomic E-state index is 0.795. The van der Waals surface area contributed by atoms with Crippen LogP contribution < -0.4 is 5.32 Å². The number of nitrogens with one attached hydrogen (secondary N) is 1. The molecule has 1 aromatic rings. The Morgan fingerprint density at radius 3 is 2.86 bits per heavy atom. The van der Waals surface area contributed by atoms with Gasteiger partial charge in [0.2, 0.25) is 0 Å². The fourth-order valence-electron chi connectivity index (χ4n) is 2.51. The zero-order chi connectivity index (χ0) is 9.54. The molecule has 1 fully saturated rings. The molecule has 1 unspecified atom stereocenters. The summed E-state index contributed by atoms with van der Waals surface area (Å²) in [6.45, 7) is 1.11. The van der Waals surface area contributed by atoms with E-state index in [0.717, 1.165) is 23.4 Å². The van der Waals surface area contributed by atoms with Crippen LogP contribution in [-0.4, -0.2) is 6.54 Å². The van der Waals surface area contributed by atoms with E-state index >= 15 is 0 Å². The van der Waals surface area contributed by atoms with Crippen molar-refractivity contribution in [3.63, 3.8) is 0 Å². The molecule has 1 N–H and O–H groups in total. The van der Waals surface area contributed by atoms with E-state index in [1.165, 1.54) is 30.5 Å². The third-order valence-corrected chi connectivity index (χ3v) is 3.61. The second-order valence-corrected chi connectivity index (χ2v) is 4.83. The van der Waals surface area contributed by atoms with Crippen LogP contribution in [0.15, 0.2) is 18.2 Å². The van der Waals surface area contributed by atoms with Crippen LogP contribution in [0.2, 0.25) is 5.02 Å². The van der Waals surface area contributed by atoms with Crippen molar-refractivity contribution in [2.75, 3.05) is 11.9 Å². The molecule has 2 heteroatoms. The molecular formula is C12H14ClN. The second-order valence-electron chi connectivity index (χ2n) is 4.39. The van der Waals surface area contributed by atoms with Gasteiger partial charge in [-0.2, -0.15) is 0 Å². The smallest absolute Gasteiger partial charge is 0.0426 e. The fraction of sp³-hybridized carbons (Fsp3) is 0.500. The van der Waals surface area contributed by atoms with E-state index in [9.17, 15) is 0 Å². The Bertz CT molecular complexity index is 357. The van der Waals surface area contributed by atoms with Crippen molar-refractivity contribution < 1.29 is 0 Å². The summed E-state index contributed by atoms with van der Waals surface area (Å²) in [5.74, 6) is 1.75. The molecule has 0 bridgehead atoms. The predicted molar refractivity (Wildman–Crippen MR) is 60.0 cm³/mol. The first-order valence-electron chi connectivity index (χ1n) is 5.38. The Morgan fingerprint density at radius 2 is 2.07 bits per heavy atom. The topological polar surface area (TPSA) is 12.0 Å². The fourth-order valence-corrected chi connectivity index (χ4v) is 2.68. The van der Waals surface area contributed by atoms with E-state index in [-0.39, 0.29) is 0 Å². The quantitative estimate of drug-likeness (QED) is 0.742. The maximum Gasteiger partial charge on any atom is 0.0426 e. The zero-order valence-corrected chi connectivity index (χ0v) is 8.85. The van der Waals surface area contributed by atoms with Gasteiger partial charge < -0.3 is 5.32 Å². The Labute approximate surface area is 89.5 Å². The van der Waals surface area contributed by atoms with E-state index in [4.69, 9.17) is 11.6 Å². The van der Waals surface area contributed by atoms with Gasteiger partial charge in [0.05, 0.1) is 0 Å². The molecule has 1 aromatic carbocycles. The van der Waals surface area contributed by atoms with Crippen LogP contribution in [0.4, 0.5) is 5.69 Å². The highest BCUT2D eigenvalue weighted by atomic mass is 35.5. The van der Waals surface area contributed by atoms with E-state index in [2.05, 4.69) is 17.4 Å². The highest BCUT2D eigenvalue weighted by Crippen LogP contribution is 2.48. The van der Waals surface area contributed by atoms with Gasteiger partial charge >= 0.3 is 0 Å². The van der Waals surface area contributed by atoms with E-state index < -0.39 is 0 Å². The highest BCUT2D eigenvalue weighted by Gasteiger charge is 2.34. The lowest BCUT2D eigenvalue weighted by atomic mass is 9.87. The summed E-state index contributed by atoms with van der Waals surface area (Å²) in [7, 11) is 0. The van der Waals surface area contributed by atoms with Crippen LogP contribution >= 0.6 is 11.6 Å². The Hall–Kier alpha value is -0.690. The van der Waals surface area contributed by atoms with Crippen LogP contribution in [0.3, 0.4) is 0 Å². The molecule has 1 atom stereocenters. The van der Waals surface area contributed by atoms with Crippen molar-refractivity contribution in [2.24, 2.45) is 5.92 Å².